The Balaban J connectivity index is 1.90. The molecule has 0 saturated carbocycles. The van der Waals surface area contributed by atoms with Gasteiger partial charge in [-0.1, -0.05) is 0 Å². The Kier molecular flexibility index (Phi) is 6.17. The molecule has 0 fully saturated rings. The van der Waals surface area contributed by atoms with Crippen molar-refractivity contribution in [3.63, 3.8) is 0 Å². The molecule has 0 aliphatic carbocycles. The van der Waals surface area contributed by atoms with Crippen LogP contribution in [0.4, 0.5) is 0 Å². The SMILES string of the molecule is Cc1cnc(CCS(=O)(=O)/N=C(/N)NNC(=O)c2cncc(C)c2)nc1. The fourth-order valence-corrected chi connectivity index (χ4v) is 2.74. The molecule has 0 saturated heterocycles. The van der Waals surface area contributed by atoms with Gasteiger partial charge in [0.1, 0.15) is 5.82 Å². The fourth-order valence-electron chi connectivity index (χ4n) is 1.86. The van der Waals surface area contributed by atoms with Crippen LogP contribution < -0.4 is 16.6 Å². The Labute approximate surface area is 151 Å². The topological polar surface area (TPSA) is 152 Å². The second-order valence-corrected chi connectivity index (χ2v) is 7.27. The quantitative estimate of drug-likeness (QED) is 0.362. The number of rotatable bonds is 5. The Hall–Kier alpha value is -3.08. The van der Waals surface area contributed by atoms with E-state index in [1.54, 1.807) is 31.6 Å². The minimum absolute atomic E-state index is 0.0979. The normalized spacial score (nSPS) is 11.8. The van der Waals surface area contributed by atoms with Crippen LogP contribution in [0, 0.1) is 13.8 Å². The zero-order valence-corrected chi connectivity index (χ0v) is 15.1. The molecule has 0 atom stereocenters. The molecule has 2 heterocycles. The van der Waals surface area contributed by atoms with Gasteiger partial charge in [-0.25, -0.2) is 18.4 Å². The van der Waals surface area contributed by atoms with Gasteiger partial charge in [-0.05, 0) is 31.0 Å². The van der Waals surface area contributed by atoms with Crippen LogP contribution in [0.25, 0.3) is 0 Å². The van der Waals surface area contributed by atoms with E-state index >= 15 is 0 Å². The van der Waals surface area contributed by atoms with Crippen molar-refractivity contribution in [2.75, 3.05) is 5.75 Å². The van der Waals surface area contributed by atoms with E-state index in [0.717, 1.165) is 11.1 Å². The number of hydrazine groups is 1. The number of nitrogens with two attached hydrogens (primary N) is 1. The lowest BCUT2D eigenvalue weighted by Gasteiger charge is -2.08. The van der Waals surface area contributed by atoms with Crippen molar-refractivity contribution in [1.29, 1.82) is 0 Å². The number of nitrogens with zero attached hydrogens (tertiary/aromatic N) is 4. The van der Waals surface area contributed by atoms with E-state index in [4.69, 9.17) is 5.73 Å². The summed E-state index contributed by atoms with van der Waals surface area (Å²) in [5.74, 6) is -0.900. The third kappa shape index (κ3) is 6.09. The number of carbonyl (C=O) groups excluding carboxylic acids is 1. The second-order valence-electron chi connectivity index (χ2n) is 5.52. The molecule has 2 aromatic heterocycles. The lowest BCUT2D eigenvalue weighted by Crippen LogP contribution is -2.46. The van der Waals surface area contributed by atoms with Gasteiger partial charge in [-0.3, -0.25) is 20.6 Å². The first-order chi connectivity index (χ1) is 12.2. The van der Waals surface area contributed by atoms with Crippen molar-refractivity contribution >= 4 is 21.9 Å². The summed E-state index contributed by atoms with van der Waals surface area (Å²) in [6.45, 7) is 3.62. The zero-order valence-electron chi connectivity index (χ0n) is 14.3. The van der Waals surface area contributed by atoms with Gasteiger partial charge in [0.2, 0.25) is 5.96 Å². The van der Waals surface area contributed by atoms with Crippen molar-refractivity contribution < 1.29 is 13.2 Å². The van der Waals surface area contributed by atoms with Crippen molar-refractivity contribution in [2.24, 2.45) is 10.1 Å². The highest BCUT2D eigenvalue weighted by molar-refractivity contribution is 7.90. The molecule has 10 nitrogen and oxygen atoms in total. The molecule has 0 aromatic carbocycles. The van der Waals surface area contributed by atoms with Gasteiger partial charge in [-0.15, -0.1) is 4.40 Å². The van der Waals surface area contributed by atoms with Crippen molar-refractivity contribution in [1.82, 2.24) is 25.8 Å². The molecule has 1 amide bonds. The van der Waals surface area contributed by atoms with E-state index in [1.807, 2.05) is 6.92 Å². The second kappa shape index (κ2) is 8.34. The predicted molar refractivity (Wildman–Crippen MR) is 95.5 cm³/mol. The maximum atomic E-state index is 12.0. The van der Waals surface area contributed by atoms with Gasteiger partial charge in [0.25, 0.3) is 15.9 Å². The molecule has 0 aliphatic heterocycles. The molecule has 2 rings (SSSR count). The van der Waals surface area contributed by atoms with Gasteiger partial charge >= 0.3 is 0 Å². The molecular weight excluding hydrogens is 358 g/mol. The summed E-state index contributed by atoms with van der Waals surface area (Å²) in [6.07, 6.45) is 6.27. The monoisotopic (exact) mass is 377 g/mol. The molecule has 0 aliphatic rings. The van der Waals surface area contributed by atoms with Gasteiger partial charge < -0.3 is 5.73 Å². The molecule has 0 bridgehead atoms. The Bertz CT molecular complexity index is 911. The molecule has 138 valence electrons. The van der Waals surface area contributed by atoms with Gasteiger partial charge in [-0.2, -0.15) is 0 Å². The standard InChI is InChI=1S/C15H19N7O3S/c1-10-5-12(9-17-6-10)14(23)20-21-15(16)22-26(24,25)4-3-13-18-7-11(2)8-19-13/h5-9H,3-4H2,1-2H3,(H,20,23)(H3,16,21,22). The van der Waals surface area contributed by atoms with Crippen molar-refractivity contribution in [3.8, 4) is 0 Å². The zero-order chi connectivity index (χ0) is 19.2. The van der Waals surface area contributed by atoms with E-state index in [2.05, 4.69) is 30.2 Å². The average molecular weight is 377 g/mol. The maximum Gasteiger partial charge on any atom is 0.271 e. The minimum atomic E-state index is -3.85. The van der Waals surface area contributed by atoms with Gasteiger partial charge in [0.15, 0.2) is 0 Å². The number of pyridine rings is 1. The Morgan fingerprint density at radius 1 is 1.12 bits per heavy atom. The number of sulfonamides is 1. The number of hydrogen-bond acceptors (Lipinski definition) is 6. The molecule has 2 aromatic rings. The van der Waals surface area contributed by atoms with Crippen LogP contribution in [0.5, 0.6) is 0 Å². The summed E-state index contributed by atoms with van der Waals surface area (Å²) in [5, 5.41) is 0. The lowest BCUT2D eigenvalue weighted by atomic mass is 10.2. The predicted octanol–water partition coefficient (Wildman–Crippen LogP) is -0.390. The van der Waals surface area contributed by atoms with E-state index < -0.39 is 21.9 Å². The number of carbonyl (C=O) groups is 1. The van der Waals surface area contributed by atoms with Gasteiger partial charge in [0.05, 0.1) is 11.3 Å². The first kappa shape index (κ1) is 19.2. The van der Waals surface area contributed by atoms with Crippen LogP contribution in [0.2, 0.25) is 0 Å². The number of aromatic nitrogens is 3. The van der Waals surface area contributed by atoms with E-state index in [1.165, 1.54) is 6.20 Å². The number of hydrogen-bond donors (Lipinski definition) is 3. The fraction of sp³-hybridized carbons (Fsp3) is 0.267. The highest BCUT2D eigenvalue weighted by Gasteiger charge is 2.12. The number of amides is 1. The third-order valence-electron chi connectivity index (χ3n) is 3.10. The molecule has 4 N–H and O–H groups in total. The third-order valence-corrected chi connectivity index (χ3v) is 4.29. The van der Waals surface area contributed by atoms with Crippen LogP contribution >= 0.6 is 0 Å². The molecule has 0 spiro atoms. The molecular formula is C15H19N7O3S. The Morgan fingerprint density at radius 3 is 2.46 bits per heavy atom. The summed E-state index contributed by atoms with van der Waals surface area (Å²) in [5.41, 5.74) is 12.0. The summed E-state index contributed by atoms with van der Waals surface area (Å²) < 4.78 is 27.3. The summed E-state index contributed by atoms with van der Waals surface area (Å²) in [7, 11) is -3.85. The smallest absolute Gasteiger partial charge is 0.271 e. The van der Waals surface area contributed by atoms with Crippen LogP contribution in [-0.2, 0) is 16.4 Å². The maximum absolute atomic E-state index is 12.0. The lowest BCUT2D eigenvalue weighted by molar-refractivity contribution is 0.0943. The Morgan fingerprint density at radius 2 is 1.81 bits per heavy atom. The van der Waals surface area contributed by atoms with Crippen LogP contribution in [0.15, 0.2) is 35.3 Å². The first-order valence-electron chi connectivity index (χ1n) is 7.59. The van der Waals surface area contributed by atoms with Crippen LogP contribution in [-0.4, -0.2) is 41.0 Å². The van der Waals surface area contributed by atoms with Crippen LogP contribution in [0.3, 0.4) is 0 Å². The van der Waals surface area contributed by atoms with Crippen molar-refractivity contribution in [2.45, 2.75) is 20.3 Å². The average Bonchev–Trinajstić information content (AvgIpc) is 2.59. The largest absolute Gasteiger partial charge is 0.368 e. The van der Waals surface area contributed by atoms with Crippen molar-refractivity contribution in [3.05, 3.63) is 53.4 Å². The van der Waals surface area contributed by atoms with E-state index in [0.29, 0.717) is 11.4 Å². The molecule has 0 radical (unpaired) electrons. The van der Waals surface area contributed by atoms with E-state index in [9.17, 15) is 13.2 Å². The first-order valence-corrected chi connectivity index (χ1v) is 9.20. The number of aryl methyl sites for hydroxylation is 3. The highest BCUT2D eigenvalue weighted by atomic mass is 32.2. The number of nitrogens with one attached hydrogen (secondary N) is 2. The highest BCUT2D eigenvalue weighted by Crippen LogP contribution is 2.01. The molecule has 26 heavy (non-hydrogen) atoms. The minimum Gasteiger partial charge on any atom is -0.368 e. The number of guanidine groups is 1. The van der Waals surface area contributed by atoms with Gasteiger partial charge in [0, 0.05) is 31.2 Å². The summed E-state index contributed by atoms with van der Waals surface area (Å²) in [6, 6.07) is 1.62. The summed E-state index contributed by atoms with van der Waals surface area (Å²) in [4.78, 5) is 23.9. The van der Waals surface area contributed by atoms with Crippen LogP contribution in [0.1, 0.15) is 27.3 Å². The summed E-state index contributed by atoms with van der Waals surface area (Å²) >= 11 is 0. The molecule has 0 unspecified atom stereocenters. The molecule has 11 heteroatoms. The van der Waals surface area contributed by atoms with E-state index in [-0.39, 0.29) is 12.2 Å².